The highest BCUT2D eigenvalue weighted by molar-refractivity contribution is 7.92. The molecule has 0 amide bonds. The van der Waals surface area contributed by atoms with Crippen molar-refractivity contribution in [2.45, 2.75) is 18.7 Å². The number of rotatable bonds is 5. The standard InChI is InChI=1S/C16H16N2O5S/c1-3-22-13-7-5-4-6-11(13)18-24(20,21)15-9-14-12(8-10(15)2)17-16(19)23-14/h4-9,18H,3H2,1-2H3,(H,17,19). The fourth-order valence-electron chi connectivity index (χ4n) is 2.41. The van der Waals surface area contributed by atoms with Crippen molar-refractivity contribution >= 4 is 26.8 Å². The molecule has 0 radical (unpaired) electrons. The van der Waals surface area contributed by atoms with E-state index < -0.39 is 15.8 Å². The maximum atomic E-state index is 12.7. The summed E-state index contributed by atoms with van der Waals surface area (Å²) in [4.78, 5) is 13.8. The molecule has 0 aliphatic heterocycles. The van der Waals surface area contributed by atoms with Gasteiger partial charge in [0.1, 0.15) is 5.75 Å². The largest absolute Gasteiger partial charge is 0.492 e. The molecule has 3 aromatic rings. The summed E-state index contributed by atoms with van der Waals surface area (Å²) in [5.74, 6) is -0.191. The number of oxazole rings is 1. The minimum Gasteiger partial charge on any atom is -0.492 e. The molecule has 2 aromatic carbocycles. The third kappa shape index (κ3) is 3.00. The van der Waals surface area contributed by atoms with E-state index in [1.807, 2.05) is 6.92 Å². The number of aryl methyl sites for hydroxylation is 1. The second-order valence-corrected chi connectivity index (χ2v) is 6.81. The van der Waals surface area contributed by atoms with Crippen LogP contribution in [0, 0.1) is 6.92 Å². The number of ether oxygens (including phenoxy) is 1. The monoisotopic (exact) mass is 348 g/mol. The smallest absolute Gasteiger partial charge is 0.417 e. The predicted molar refractivity (Wildman–Crippen MR) is 90.0 cm³/mol. The van der Waals surface area contributed by atoms with Crippen LogP contribution in [0.3, 0.4) is 0 Å². The molecule has 0 bridgehead atoms. The Bertz CT molecular complexity index is 1050. The zero-order chi connectivity index (χ0) is 17.3. The molecule has 0 saturated heterocycles. The summed E-state index contributed by atoms with van der Waals surface area (Å²) in [6.45, 7) is 3.88. The number of para-hydroxylation sites is 2. The first-order valence-electron chi connectivity index (χ1n) is 7.29. The van der Waals surface area contributed by atoms with Crippen molar-refractivity contribution in [2.75, 3.05) is 11.3 Å². The van der Waals surface area contributed by atoms with E-state index in [4.69, 9.17) is 9.15 Å². The van der Waals surface area contributed by atoms with E-state index in [1.165, 1.54) is 6.07 Å². The Morgan fingerprint density at radius 2 is 2.00 bits per heavy atom. The number of fused-ring (bicyclic) bond motifs is 1. The fourth-order valence-corrected chi connectivity index (χ4v) is 3.72. The highest BCUT2D eigenvalue weighted by atomic mass is 32.2. The second-order valence-electron chi connectivity index (χ2n) is 5.16. The van der Waals surface area contributed by atoms with E-state index in [0.29, 0.717) is 29.1 Å². The Kier molecular flexibility index (Phi) is 4.06. The number of H-pyrrole nitrogens is 1. The number of aromatic amines is 1. The number of anilines is 1. The van der Waals surface area contributed by atoms with Gasteiger partial charge in [0.15, 0.2) is 5.58 Å². The summed E-state index contributed by atoms with van der Waals surface area (Å²) < 4.78 is 38.4. The van der Waals surface area contributed by atoms with Crippen molar-refractivity contribution in [3.8, 4) is 5.75 Å². The first kappa shape index (κ1) is 16.1. The van der Waals surface area contributed by atoms with E-state index in [1.54, 1.807) is 37.3 Å². The first-order valence-corrected chi connectivity index (χ1v) is 8.77. The number of aromatic nitrogens is 1. The maximum absolute atomic E-state index is 12.7. The van der Waals surface area contributed by atoms with Gasteiger partial charge in [0.2, 0.25) is 0 Å². The van der Waals surface area contributed by atoms with Crippen LogP contribution in [0.5, 0.6) is 5.75 Å². The van der Waals surface area contributed by atoms with Crippen LogP contribution in [0.1, 0.15) is 12.5 Å². The summed E-state index contributed by atoms with van der Waals surface area (Å²) in [5.41, 5.74) is 1.46. The molecule has 126 valence electrons. The third-order valence-corrected chi connectivity index (χ3v) is 4.94. The number of nitrogens with one attached hydrogen (secondary N) is 2. The van der Waals surface area contributed by atoms with Crippen LogP contribution >= 0.6 is 0 Å². The second kappa shape index (κ2) is 6.04. The van der Waals surface area contributed by atoms with E-state index in [0.717, 1.165) is 0 Å². The van der Waals surface area contributed by atoms with E-state index >= 15 is 0 Å². The van der Waals surface area contributed by atoms with Crippen LogP contribution in [0.25, 0.3) is 11.1 Å². The van der Waals surface area contributed by atoms with E-state index in [-0.39, 0.29) is 10.5 Å². The van der Waals surface area contributed by atoms with Gasteiger partial charge in [-0.1, -0.05) is 12.1 Å². The highest BCUT2D eigenvalue weighted by Gasteiger charge is 2.20. The molecule has 0 aliphatic carbocycles. The predicted octanol–water partition coefficient (Wildman–Crippen LogP) is 2.63. The molecule has 0 saturated carbocycles. The van der Waals surface area contributed by atoms with Gasteiger partial charge in [0.25, 0.3) is 10.0 Å². The lowest BCUT2D eigenvalue weighted by Crippen LogP contribution is -2.15. The van der Waals surface area contributed by atoms with Crippen LogP contribution in [-0.4, -0.2) is 20.0 Å². The van der Waals surface area contributed by atoms with E-state index in [2.05, 4.69) is 9.71 Å². The molecule has 1 aromatic heterocycles. The van der Waals surface area contributed by atoms with Crippen LogP contribution in [0.2, 0.25) is 0 Å². The lowest BCUT2D eigenvalue weighted by molar-refractivity contribution is 0.342. The highest BCUT2D eigenvalue weighted by Crippen LogP contribution is 2.28. The molecule has 0 atom stereocenters. The maximum Gasteiger partial charge on any atom is 0.417 e. The lowest BCUT2D eigenvalue weighted by atomic mass is 10.2. The molecule has 0 fully saturated rings. The molecule has 0 spiro atoms. The molecule has 2 N–H and O–H groups in total. The topological polar surface area (TPSA) is 101 Å². The quantitative estimate of drug-likeness (QED) is 0.738. The SMILES string of the molecule is CCOc1ccccc1NS(=O)(=O)c1cc2oc(=O)[nH]c2cc1C. The van der Waals surface area contributed by atoms with Gasteiger partial charge in [-0.25, -0.2) is 13.2 Å². The number of benzene rings is 2. The lowest BCUT2D eigenvalue weighted by Gasteiger charge is -2.13. The Hall–Kier alpha value is -2.74. The van der Waals surface area contributed by atoms with Crippen molar-refractivity contribution < 1.29 is 17.6 Å². The summed E-state index contributed by atoms with van der Waals surface area (Å²) >= 11 is 0. The van der Waals surface area contributed by atoms with Gasteiger partial charge in [0.05, 0.1) is 22.7 Å². The molecule has 1 heterocycles. The van der Waals surface area contributed by atoms with Crippen molar-refractivity contribution in [1.82, 2.24) is 4.98 Å². The van der Waals surface area contributed by atoms with Gasteiger partial charge < -0.3 is 9.15 Å². The number of hydrogen-bond acceptors (Lipinski definition) is 5. The van der Waals surface area contributed by atoms with Gasteiger partial charge in [-0.3, -0.25) is 9.71 Å². The number of hydrogen-bond donors (Lipinski definition) is 2. The minimum atomic E-state index is -3.87. The van der Waals surface area contributed by atoms with Crippen LogP contribution in [0.4, 0.5) is 5.69 Å². The summed E-state index contributed by atoms with van der Waals surface area (Å²) in [6.07, 6.45) is 0. The average Bonchev–Trinajstić information content (AvgIpc) is 2.87. The average molecular weight is 348 g/mol. The normalized spacial score (nSPS) is 11.6. The number of sulfonamides is 1. The summed E-state index contributed by atoms with van der Waals surface area (Å²) in [5, 5.41) is 0. The van der Waals surface area contributed by atoms with Crippen LogP contribution < -0.4 is 15.2 Å². The van der Waals surface area contributed by atoms with Gasteiger partial charge in [-0.05, 0) is 37.6 Å². The zero-order valence-corrected chi connectivity index (χ0v) is 13.9. The minimum absolute atomic E-state index is 0.0315. The Labute approximate surface area is 138 Å². The van der Waals surface area contributed by atoms with Gasteiger partial charge in [-0.2, -0.15) is 0 Å². The molecule has 0 unspecified atom stereocenters. The van der Waals surface area contributed by atoms with Gasteiger partial charge in [0, 0.05) is 6.07 Å². The van der Waals surface area contributed by atoms with Crippen molar-refractivity contribution in [2.24, 2.45) is 0 Å². The van der Waals surface area contributed by atoms with Crippen molar-refractivity contribution in [3.05, 3.63) is 52.5 Å². The summed E-state index contributed by atoms with van der Waals surface area (Å²) in [7, 11) is -3.87. The van der Waals surface area contributed by atoms with Crippen LogP contribution in [0.15, 0.2) is 50.5 Å². The molecule has 0 aliphatic rings. The first-order chi connectivity index (χ1) is 11.4. The molecule has 3 rings (SSSR count). The molecule has 24 heavy (non-hydrogen) atoms. The van der Waals surface area contributed by atoms with Crippen LogP contribution in [-0.2, 0) is 10.0 Å². The van der Waals surface area contributed by atoms with Crippen molar-refractivity contribution in [3.63, 3.8) is 0 Å². The zero-order valence-electron chi connectivity index (χ0n) is 13.1. The van der Waals surface area contributed by atoms with Gasteiger partial charge in [-0.15, -0.1) is 0 Å². The third-order valence-electron chi connectivity index (χ3n) is 3.44. The summed E-state index contributed by atoms with van der Waals surface area (Å²) in [6, 6.07) is 9.66. The van der Waals surface area contributed by atoms with Gasteiger partial charge >= 0.3 is 5.76 Å². The Morgan fingerprint density at radius 3 is 2.75 bits per heavy atom. The van der Waals surface area contributed by atoms with Crippen molar-refractivity contribution in [1.29, 1.82) is 0 Å². The molecular weight excluding hydrogens is 332 g/mol. The molecule has 7 nitrogen and oxygen atoms in total. The molecular formula is C16H16N2O5S. The Morgan fingerprint density at radius 1 is 1.25 bits per heavy atom. The Balaban J connectivity index is 2.05. The van der Waals surface area contributed by atoms with E-state index in [9.17, 15) is 13.2 Å². The fraction of sp³-hybridized carbons (Fsp3) is 0.188. The molecule has 8 heteroatoms.